The van der Waals surface area contributed by atoms with E-state index in [9.17, 15) is 0 Å². The molecule has 0 atom stereocenters. The molecule has 2 heterocycles. The summed E-state index contributed by atoms with van der Waals surface area (Å²) >= 11 is 0. The summed E-state index contributed by atoms with van der Waals surface area (Å²) in [4.78, 5) is 13.0. The molecule has 0 radical (unpaired) electrons. The fraction of sp³-hybridized carbons (Fsp3) is 0.500. The molecule has 0 aliphatic heterocycles. The van der Waals surface area contributed by atoms with Gasteiger partial charge in [0.05, 0.1) is 17.9 Å². The number of nitrogens with zero attached hydrogens (tertiary/aromatic N) is 4. The average molecular weight is 259 g/mol. The minimum atomic E-state index is 0.673. The molecule has 102 valence electrons. The maximum absolute atomic E-state index is 4.51. The highest BCUT2D eigenvalue weighted by Crippen LogP contribution is 2.11. The lowest BCUT2D eigenvalue weighted by Gasteiger charge is -2.09. The van der Waals surface area contributed by atoms with Crippen molar-refractivity contribution in [3.05, 3.63) is 35.7 Å². The SMILES string of the molecule is CCCCn1cc(C)nc1NCc1ccnc(C)n1. The monoisotopic (exact) mass is 259 g/mol. The molecule has 2 rings (SSSR count). The van der Waals surface area contributed by atoms with Crippen molar-refractivity contribution in [2.75, 3.05) is 5.32 Å². The van der Waals surface area contributed by atoms with Gasteiger partial charge in [-0.25, -0.2) is 15.0 Å². The summed E-state index contributed by atoms with van der Waals surface area (Å²) in [5, 5.41) is 3.35. The van der Waals surface area contributed by atoms with E-state index in [-0.39, 0.29) is 0 Å². The highest BCUT2D eigenvalue weighted by molar-refractivity contribution is 5.29. The van der Waals surface area contributed by atoms with E-state index >= 15 is 0 Å². The summed E-state index contributed by atoms with van der Waals surface area (Å²) in [7, 11) is 0. The second-order valence-electron chi connectivity index (χ2n) is 4.70. The molecule has 2 aromatic heterocycles. The number of hydrogen-bond donors (Lipinski definition) is 1. The third kappa shape index (κ3) is 3.77. The number of anilines is 1. The summed E-state index contributed by atoms with van der Waals surface area (Å²) in [5.74, 6) is 1.71. The summed E-state index contributed by atoms with van der Waals surface area (Å²) in [5.41, 5.74) is 2.02. The van der Waals surface area contributed by atoms with Crippen LogP contribution in [0.2, 0.25) is 0 Å². The lowest BCUT2D eigenvalue weighted by atomic mass is 10.3. The average Bonchev–Trinajstić information content (AvgIpc) is 2.74. The quantitative estimate of drug-likeness (QED) is 0.866. The highest BCUT2D eigenvalue weighted by atomic mass is 15.2. The topological polar surface area (TPSA) is 55.6 Å². The van der Waals surface area contributed by atoms with E-state index in [2.05, 4.69) is 38.0 Å². The molecule has 5 nitrogen and oxygen atoms in total. The molecule has 0 aliphatic rings. The second kappa shape index (κ2) is 6.31. The van der Waals surface area contributed by atoms with Crippen LogP contribution in [0.4, 0.5) is 5.95 Å². The normalized spacial score (nSPS) is 10.7. The molecule has 19 heavy (non-hydrogen) atoms. The molecule has 0 saturated carbocycles. The van der Waals surface area contributed by atoms with Crippen molar-refractivity contribution in [2.24, 2.45) is 0 Å². The van der Waals surface area contributed by atoms with E-state index in [1.807, 2.05) is 19.9 Å². The van der Waals surface area contributed by atoms with Gasteiger partial charge in [-0.05, 0) is 26.3 Å². The molecule has 0 aromatic carbocycles. The zero-order valence-corrected chi connectivity index (χ0v) is 11.8. The van der Waals surface area contributed by atoms with Gasteiger partial charge in [0.15, 0.2) is 0 Å². The second-order valence-corrected chi connectivity index (χ2v) is 4.70. The third-order valence-corrected chi connectivity index (χ3v) is 2.91. The fourth-order valence-corrected chi connectivity index (χ4v) is 1.96. The number of aromatic nitrogens is 4. The van der Waals surface area contributed by atoms with Crippen molar-refractivity contribution in [3.8, 4) is 0 Å². The molecular formula is C14H21N5. The fourth-order valence-electron chi connectivity index (χ4n) is 1.96. The molecule has 0 spiro atoms. The van der Waals surface area contributed by atoms with Crippen LogP contribution in [0.5, 0.6) is 0 Å². The molecule has 2 aromatic rings. The van der Waals surface area contributed by atoms with Gasteiger partial charge in [-0.2, -0.15) is 0 Å². The van der Waals surface area contributed by atoms with Gasteiger partial charge >= 0.3 is 0 Å². The number of aryl methyl sites for hydroxylation is 3. The zero-order valence-electron chi connectivity index (χ0n) is 11.8. The van der Waals surface area contributed by atoms with E-state index in [0.717, 1.165) is 36.1 Å². The van der Waals surface area contributed by atoms with Crippen LogP contribution < -0.4 is 5.32 Å². The number of imidazole rings is 1. The highest BCUT2D eigenvalue weighted by Gasteiger charge is 2.05. The van der Waals surface area contributed by atoms with Gasteiger partial charge in [0.25, 0.3) is 0 Å². The number of hydrogen-bond acceptors (Lipinski definition) is 4. The number of unbranched alkanes of at least 4 members (excludes halogenated alkanes) is 1. The third-order valence-electron chi connectivity index (χ3n) is 2.91. The number of rotatable bonds is 6. The minimum Gasteiger partial charge on any atom is -0.350 e. The van der Waals surface area contributed by atoms with Crippen molar-refractivity contribution < 1.29 is 0 Å². The summed E-state index contributed by atoms with van der Waals surface area (Å²) in [6, 6.07) is 1.92. The van der Waals surface area contributed by atoms with Gasteiger partial charge in [-0.1, -0.05) is 13.3 Å². The van der Waals surface area contributed by atoms with Crippen LogP contribution in [0.15, 0.2) is 18.5 Å². The Balaban J connectivity index is 2.02. The first kappa shape index (κ1) is 13.5. The Morgan fingerprint density at radius 1 is 1.26 bits per heavy atom. The van der Waals surface area contributed by atoms with Crippen molar-refractivity contribution in [1.82, 2.24) is 19.5 Å². The summed E-state index contributed by atoms with van der Waals surface area (Å²) in [6.07, 6.45) is 6.22. The Kier molecular flexibility index (Phi) is 4.49. The summed E-state index contributed by atoms with van der Waals surface area (Å²) < 4.78 is 2.17. The van der Waals surface area contributed by atoms with Gasteiger partial charge in [0, 0.05) is 18.9 Å². The van der Waals surface area contributed by atoms with E-state index in [0.29, 0.717) is 6.54 Å². The lowest BCUT2D eigenvalue weighted by Crippen LogP contribution is -2.09. The van der Waals surface area contributed by atoms with Crippen molar-refractivity contribution >= 4 is 5.95 Å². The predicted octanol–water partition coefficient (Wildman–Crippen LogP) is 2.70. The Labute approximate surface area is 114 Å². The Morgan fingerprint density at radius 3 is 2.84 bits per heavy atom. The van der Waals surface area contributed by atoms with Crippen LogP contribution in [0.3, 0.4) is 0 Å². The maximum Gasteiger partial charge on any atom is 0.203 e. The van der Waals surface area contributed by atoms with Crippen molar-refractivity contribution in [3.63, 3.8) is 0 Å². The van der Waals surface area contributed by atoms with Crippen molar-refractivity contribution in [1.29, 1.82) is 0 Å². The first-order valence-corrected chi connectivity index (χ1v) is 6.75. The lowest BCUT2D eigenvalue weighted by molar-refractivity contribution is 0.634. The van der Waals surface area contributed by atoms with Crippen LogP contribution >= 0.6 is 0 Å². The molecular weight excluding hydrogens is 238 g/mol. The molecule has 0 bridgehead atoms. The molecule has 0 aliphatic carbocycles. The van der Waals surface area contributed by atoms with E-state index in [4.69, 9.17) is 0 Å². The maximum atomic E-state index is 4.51. The first-order valence-electron chi connectivity index (χ1n) is 6.75. The Hall–Kier alpha value is -1.91. The number of nitrogens with one attached hydrogen (secondary N) is 1. The first-order chi connectivity index (χ1) is 9.19. The summed E-state index contributed by atoms with van der Waals surface area (Å²) in [6.45, 7) is 7.78. The van der Waals surface area contributed by atoms with Gasteiger partial charge in [0.1, 0.15) is 5.82 Å². The van der Waals surface area contributed by atoms with E-state index < -0.39 is 0 Å². The van der Waals surface area contributed by atoms with E-state index in [1.165, 1.54) is 6.42 Å². The van der Waals surface area contributed by atoms with Gasteiger partial charge in [0.2, 0.25) is 5.95 Å². The molecule has 0 unspecified atom stereocenters. The Bertz CT molecular complexity index is 532. The van der Waals surface area contributed by atoms with Crippen LogP contribution in [0.1, 0.15) is 37.0 Å². The van der Waals surface area contributed by atoms with Crippen LogP contribution in [-0.4, -0.2) is 19.5 Å². The largest absolute Gasteiger partial charge is 0.350 e. The molecule has 1 N–H and O–H groups in total. The van der Waals surface area contributed by atoms with Crippen molar-refractivity contribution in [2.45, 2.75) is 46.7 Å². The standard InChI is InChI=1S/C14H21N5/c1-4-5-8-19-10-11(2)17-14(19)16-9-13-6-7-15-12(3)18-13/h6-7,10H,4-5,8-9H2,1-3H3,(H,16,17). The van der Waals surface area contributed by atoms with Gasteiger partial charge in [-0.15, -0.1) is 0 Å². The predicted molar refractivity (Wildman–Crippen MR) is 76.0 cm³/mol. The minimum absolute atomic E-state index is 0.673. The van der Waals surface area contributed by atoms with Gasteiger partial charge < -0.3 is 9.88 Å². The van der Waals surface area contributed by atoms with E-state index in [1.54, 1.807) is 6.20 Å². The Morgan fingerprint density at radius 2 is 2.11 bits per heavy atom. The zero-order chi connectivity index (χ0) is 13.7. The van der Waals surface area contributed by atoms with Crippen LogP contribution in [0, 0.1) is 13.8 Å². The molecule has 5 heteroatoms. The van der Waals surface area contributed by atoms with Crippen LogP contribution in [0.25, 0.3) is 0 Å². The van der Waals surface area contributed by atoms with Crippen LogP contribution in [-0.2, 0) is 13.1 Å². The molecule has 0 saturated heterocycles. The molecule has 0 amide bonds. The van der Waals surface area contributed by atoms with Gasteiger partial charge in [-0.3, -0.25) is 0 Å². The smallest absolute Gasteiger partial charge is 0.203 e. The molecule has 0 fully saturated rings.